The smallest absolute Gasteiger partial charge is 0.251 e. The van der Waals surface area contributed by atoms with E-state index in [9.17, 15) is 14.4 Å². The molecule has 0 unspecified atom stereocenters. The molecule has 0 aliphatic carbocycles. The molecule has 0 heterocycles. The van der Waals surface area contributed by atoms with E-state index in [1.807, 2.05) is 20.8 Å². The van der Waals surface area contributed by atoms with Gasteiger partial charge in [-0.2, -0.15) is 0 Å². The van der Waals surface area contributed by atoms with Crippen molar-refractivity contribution in [1.29, 1.82) is 0 Å². The van der Waals surface area contributed by atoms with Crippen molar-refractivity contribution in [2.75, 3.05) is 11.9 Å². The number of carbonyl (C=O) groups excluding carboxylic acids is 3. The Morgan fingerprint density at radius 2 is 1.39 bits per heavy atom. The summed E-state index contributed by atoms with van der Waals surface area (Å²) in [5.41, 5.74) is 1.34. The minimum absolute atomic E-state index is 0.147. The van der Waals surface area contributed by atoms with Crippen LogP contribution < -0.4 is 16.0 Å². The van der Waals surface area contributed by atoms with Crippen LogP contribution in [0, 0.1) is 0 Å². The van der Waals surface area contributed by atoms with E-state index < -0.39 is 0 Å². The summed E-state index contributed by atoms with van der Waals surface area (Å²) in [7, 11) is 0. The number of hydrogen-bond donors (Lipinski definition) is 3. The topological polar surface area (TPSA) is 87.3 Å². The van der Waals surface area contributed by atoms with E-state index in [1.165, 1.54) is 0 Å². The van der Waals surface area contributed by atoms with Crippen molar-refractivity contribution in [2.45, 2.75) is 32.7 Å². The molecule has 148 valence electrons. The molecule has 0 bridgehead atoms. The largest absolute Gasteiger partial charge is 0.352 e. The first-order valence-corrected chi connectivity index (χ1v) is 9.69. The molecule has 2 aromatic rings. The maximum atomic E-state index is 12.1. The molecule has 0 fully saturated rings. The average Bonchev–Trinajstić information content (AvgIpc) is 2.61. The molecule has 0 saturated carbocycles. The van der Waals surface area contributed by atoms with Crippen LogP contribution in [0.3, 0.4) is 0 Å². The quantitative estimate of drug-likeness (QED) is 0.632. The molecule has 0 saturated heterocycles. The first-order chi connectivity index (χ1) is 13.1. The van der Waals surface area contributed by atoms with Crippen molar-refractivity contribution >= 4 is 39.3 Å². The van der Waals surface area contributed by atoms with Gasteiger partial charge in [0.1, 0.15) is 0 Å². The van der Waals surface area contributed by atoms with Crippen molar-refractivity contribution in [3.05, 3.63) is 64.1 Å². The zero-order valence-corrected chi connectivity index (χ0v) is 17.7. The van der Waals surface area contributed by atoms with E-state index in [4.69, 9.17) is 0 Å². The number of rotatable bonds is 6. The second-order valence-corrected chi connectivity index (χ2v) is 8.26. The van der Waals surface area contributed by atoms with E-state index >= 15 is 0 Å². The number of carbonyl (C=O) groups is 3. The molecule has 3 amide bonds. The fraction of sp³-hybridized carbons (Fsp3) is 0.286. The van der Waals surface area contributed by atoms with Gasteiger partial charge in [0.2, 0.25) is 5.91 Å². The summed E-state index contributed by atoms with van der Waals surface area (Å²) in [5, 5.41) is 8.34. The van der Waals surface area contributed by atoms with E-state index in [1.54, 1.807) is 48.5 Å². The number of nitrogens with one attached hydrogen (secondary N) is 3. The lowest BCUT2D eigenvalue weighted by Gasteiger charge is -2.20. The molecule has 0 aromatic heterocycles. The van der Waals surface area contributed by atoms with Gasteiger partial charge in [0.25, 0.3) is 11.8 Å². The standard InChI is InChI=1S/C21H24BrN3O3/c1-21(2,3)25-20(28)15-6-10-17(11-7-15)24-18(26)12-13-23-19(27)14-4-8-16(22)9-5-14/h4-11H,12-13H2,1-3H3,(H,23,27)(H,24,26)(H,25,28). The molecule has 7 heteroatoms. The van der Waals surface area contributed by atoms with Crippen LogP contribution in [0.2, 0.25) is 0 Å². The van der Waals surface area contributed by atoms with Gasteiger partial charge in [-0.3, -0.25) is 14.4 Å². The second kappa shape index (κ2) is 9.50. The summed E-state index contributed by atoms with van der Waals surface area (Å²) < 4.78 is 0.894. The van der Waals surface area contributed by atoms with Gasteiger partial charge in [0.15, 0.2) is 0 Å². The summed E-state index contributed by atoms with van der Waals surface area (Å²) in [6.45, 7) is 5.96. The van der Waals surface area contributed by atoms with Crippen LogP contribution in [0.4, 0.5) is 5.69 Å². The Morgan fingerprint density at radius 1 is 0.857 bits per heavy atom. The third-order valence-corrected chi connectivity index (χ3v) is 4.19. The predicted octanol–water partition coefficient (Wildman–Crippen LogP) is 3.74. The monoisotopic (exact) mass is 445 g/mol. The minimum Gasteiger partial charge on any atom is -0.352 e. The lowest BCUT2D eigenvalue weighted by atomic mass is 10.1. The van der Waals surface area contributed by atoms with Gasteiger partial charge in [-0.1, -0.05) is 15.9 Å². The van der Waals surface area contributed by atoms with Crippen LogP contribution in [0.25, 0.3) is 0 Å². The number of hydrogen-bond acceptors (Lipinski definition) is 3. The van der Waals surface area contributed by atoms with E-state index in [2.05, 4.69) is 31.9 Å². The van der Waals surface area contributed by atoms with Gasteiger partial charge < -0.3 is 16.0 Å². The van der Waals surface area contributed by atoms with Gasteiger partial charge in [-0.15, -0.1) is 0 Å². The van der Waals surface area contributed by atoms with Gasteiger partial charge in [-0.05, 0) is 69.3 Å². The Balaban J connectivity index is 1.79. The Morgan fingerprint density at radius 3 is 1.96 bits per heavy atom. The highest BCUT2D eigenvalue weighted by Gasteiger charge is 2.15. The molecular formula is C21H24BrN3O3. The maximum Gasteiger partial charge on any atom is 0.251 e. The normalized spacial score (nSPS) is 10.9. The minimum atomic E-state index is -0.315. The number of amides is 3. The number of benzene rings is 2. The molecule has 0 spiro atoms. The Bertz CT molecular complexity index is 841. The van der Waals surface area contributed by atoms with E-state index in [0.29, 0.717) is 16.8 Å². The summed E-state index contributed by atoms with van der Waals surface area (Å²) in [6.07, 6.45) is 0.147. The molecule has 0 atom stereocenters. The molecule has 2 aromatic carbocycles. The third kappa shape index (κ3) is 7.15. The zero-order valence-electron chi connectivity index (χ0n) is 16.1. The summed E-state index contributed by atoms with van der Waals surface area (Å²) in [6, 6.07) is 13.7. The van der Waals surface area contributed by atoms with E-state index in [0.717, 1.165) is 4.47 Å². The van der Waals surface area contributed by atoms with Crippen LogP contribution in [0.5, 0.6) is 0 Å². The molecule has 2 rings (SSSR count). The van der Waals surface area contributed by atoms with Crippen LogP contribution in [0.15, 0.2) is 53.0 Å². The summed E-state index contributed by atoms with van der Waals surface area (Å²) in [4.78, 5) is 36.1. The third-order valence-electron chi connectivity index (χ3n) is 3.66. The lowest BCUT2D eigenvalue weighted by Crippen LogP contribution is -2.40. The Labute approximate surface area is 173 Å². The predicted molar refractivity (Wildman–Crippen MR) is 113 cm³/mol. The second-order valence-electron chi connectivity index (χ2n) is 7.34. The molecule has 0 radical (unpaired) electrons. The van der Waals surface area contributed by atoms with Crippen molar-refractivity contribution < 1.29 is 14.4 Å². The van der Waals surface area contributed by atoms with Crippen LogP contribution in [0.1, 0.15) is 47.9 Å². The Hall–Kier alpha value is -2.67. The maximum absolute atomic E-state index is 12.1. The van der Waals surface area contributed by atoms with Gasteiger partial charge in [0, 0.05) is 39.8 Å². The van der Waals surface area contributed by atoms with Crippen molar-refractivity contribution in [3.63, 3.8) is 0 Å². The lowest BCUT2D eigenvalue weighted by molar-refractivity contribution is -0.116. The van der Waals surface area contributed by atoms with Crippen LogP contribution in [-0.4, -0.2) is 29.8 Å². The van der Waals surface area contributed by atoms with Gasteiger partial charge >= 0.3 is 0 Å². The highest BCUT2D eigenvalue weighted by molar-refractivity contribution is 9.10. The molecule has 0 aliphatic heterocycles. The van der Waals surface area contributed by atoms with Crippen LogP contribution in [-0.2, 0) is 4.79 Å². The molecule has 6 nitrogen and oxygen atoms in total. The molecule has 0 aliphatic rings. The SMILES string of the molecule is CC(C)(C)NC(=O)c1ccc(NC(=O)CCNC(=O)c2ccc(Br)cc2)cc1. The van der Waals surface area contributed by atoms with Crippen molar-refractivity contribution in [3.8, 4) is 0 Å². The highest BCUT2D eigenvalue weighted by atomic mass is 79.9. The molecular weight excluding hydrogens is 422 g/mol. The van der Waals surface area contributed by atoms with Crippen molar-refractivity contribution in [2.24, 2.45) is 0 Å². The molecule has 28 heavy (non-hydrogen) atoms. The fourth-order valence-electron chi connectivity index (χ4n) is 2.33. The van der Waals surface area contributed by atoms with Crippen molar-refractivity contribution in [1.82, 2.24) is 10.6 Å². The summed E-state index contributed by atoms with van der Waals surface area (Å²) >= 11 is 3.32. The fourth-order valence-corrected chi connectivity index (χ4v) is 2.60. The number of halogens is 1. The highest BCUT2D eigenvalue weighted by Crippen LogP contribution is 2.12. The zero-order chi connectivity index (χ0) is 20.7. The first-order valence-electron chi connectivity index (χ1n) is 8.90. The average molecular weight is 446 g/mol. The van der Waals surface area contributed by atoms with Gasteiger partial charge in [-0.25, -0.2) is 0 Å². The van der Waals surface area contributed by atoms with Gasteiger partial charge in [0.05, 0.1) is 0 Å². The molecule has 3 N–H and O–H groups in total. The first kappa shape index (κ1) is 21.6. The Kier molecular flexibility index (Phi) is 7.34. The van der Waals surface area contributed by atoms with E-state index in [-0.39, 0.29) is 36.2 Å². The number of anilines is 1. The summed E-state index contributed by atoms with van der Waals surface area (Å²) in [5.74, 6) is -0.612. The van der Waals surface area contributed by atoms with Crippen LogP contribution >= 0.6 is 15.9 Å².